The van der Waals surface area contributed by atoms with Crippen molar-refractivity contribution in [2.24, 2.45) is 11.7 Å². The lowest BCUT2D eigenvalue weighted by atomic mass is 9.98. The number of rotatable bonds is 4. The molecule has 2 rings (SSSR count). The molecule has 0 radical (unpaired) electrons. The second kappa shape index (κ2) is 7.28. The lowest BCUT2D eigenvalue weighted by Crippen LogP contribution is -2.37. The standard InChI is InChI=1S/C12H18N4O.ClH/c13-10(8-9-4-1-2-5-9)11(17)16-12-14-6-3-7-15-12;/h3,6-7,9-10H,1-2,4-5,8,13H2,(H,14,15,16,17);1H/t10-;/m0./s1. The van der Waals surface area contributed by atoms with Crippen LogP contribution in [0.2, 0.25) is 0 Å². The zero-order valence-corrected chi connectivity index (χ0v) is 11.0. The summed E-state index contributed by atoms with van der Waals surface area (Å²) in [6.45, 7) is 0. The molecule has 6 heteroatoms. The van der Waals surface area contributed by atoms with Crippen LogP contribution in [0.25, 0.3) is 0 Å². The molecule has 0 spiro atoms. The van der Waals surface area contributed by atoms with Gasteiger partial charge in [0.05, 0.1) is 6.04 Å². The maximum atomic E-state index is 11.8. The molecule has 1 aliphatic carbocycles. The minimum atomic E-state index is -0.457. The van der Waals surface area contributed by atoms with Gasteiger partial charge >= 0.3 is 0 Å². The number of nitrogens with zero attached hydrogens (tertiary/aromatic N) is 2. The molecule has 1 amide bonds. The number of hydrogen-bond acceptors (Lipinski definition) is 4. The normalized spacial score (nSPS) is 16.9. The molecule has 0 bridgehead atoms. The lowest BCUT2D eigenvalue weighted by Gasteiger charge is -2.15. The smallest absolute Gasteiger partial charge is 0.243 e. The van der Waals surface area contributed by atoms with E-state index < -0.39 is 6.04 Å². The molecule has 1 heterocycles. The number of nitrogens with two attached hydrogens (primary N) is 1. The first kappa shape index (κ1) is 14.9. The Morgan fingerprint density at radius 1 is 1.39 bits per heavy atom. The highest BCUT2D eigenvalue weighted by Crippen LogP contribution is 2.28. The Bertz CT molecular complexity index is 368. The van der Waals surface area contributed by atoms with Crippen LogP contribution in [0.3, 0.4) is 0 Å². The minimum Gasteiger partial charge on any atom is -0.320 e. The second-order valence-electron chi connectivity index (χ2n) is 4.55. The van der Waals surface area contributed by atoms with E-state index in [1.54, 1.807) is 18.5 Å². The SMILES string of the molecule is Cl.N[C@@H](CC1CCCC1)C(=O)Nc1ncccn1. The van der Waals surface area contributed by atoms with Gasteiger partial charge in [-0.1, -0.05) is 25.7 Å². The Labute approximate surface area is 113 Å². The van der Waals surface area contributed by atoms with Gasteiger partial charge in [-0.3, -0.25) is 10.1 Å². The van der Waals surface area contributed by atoms with Crippen molar-refractivity contribution in [2.45, 2.75) is 38.1 Å². The van der Waals surface area contributed by atoms with Crippen molar-refractivity contribution < 1.29 is 4.79 Å². The summed E-state index contributed by atoms with van der Waals surface area (Å²) in [5, 5.41) is 2.63. The molecule has 1 aromatic rings. The predicted octanol–water partition coefficient (Wildman–Crippen LogP) is 1.74. The highest BCUT2D eigenvalue weighted by Gasteiger charge is 2.22. The number of anilines is 1. The fourth-order valence-electron chi connectivity index (χ4n) is 2.28. The van der Waals surface area contributed by atoms with Gasteiger partial charge in [0.25, 0.3) is 0 Å². The van der Waals surface area contributed by atoms with Crippen molar-refractivity contribution in [1.82, 2.24) is 9.97 Å². The van der Waals surface area contributed by atoms with Crippen molar-refractivity contribution in [2.75, 3.05) is 5.32 Å². The number of carbonyl (C=O) groups is 1. The van der Waals surface area contributed by atoms with E-state index in [1.807, 2.05) is 0 Å². The molecular weight excluding hydrogens is 252 g/mol. The van der Waals surface area contributed by atoms with Gasteiger partial charge in [-0.15, -0.1) is 12.4 Å². The Kier molecular flexibility index (Phi) is 6.01. The fraction of sp³-hybridized carbons (Fsp3) is 0.583. The number of halogens is 1. The Hall–Kier alpha value is -1.20. The molecule has 100 valence electrons. The summed E-state index contributed by atoms with van der Waals surface area (Å²) >= 11 is 0. The topological polar surface area (TPSA) is 80.9 Å². The lowest BCUT2D eigenvalue weighted by molar-refractivity contribution is -0.117. The van der Waals surface area contributed by atoms with Crippen LogP contribution in [-0.4, -0.2) is 21.9 Å². The third-order valence-corrected chi connectivity index (χ3v) is 3.20. The van der Waals surface area contributed by atoms with Crippen LogP contribution in [0.4, 0.5) is 5.95 Å². The largest absolute Gasteiger partial charge is 0.320 e. The van der Waals surface area contributed by atoms with Crippen molar-refractivity contribution in [1.29, 1.82) is 0 Å². The van der Waals surface area contributed by atoms with Gasteiger partial charge in [-0.05, 0) is 18.4 Å². The Balaban J connectivity index is 0.00000162. The zero-order chi connectivity index (χ0) is 12.1. The molecule has 1 atom stereocenters. The molecule has 1 aromatic heterocycles. The number of carbonyl (C=O) groups excluding carboxylic acids is 1. The predicted molar refractivity (Wildman–Crippen MR) is 72.5 cm³/mol. The van der Waals surface area contributed by atoms with E-state index in [0.29, 0.717) is 11.9 Å². The van der Waals surface area contributed by atoms with E-state index >= 15 is 0 Å². The molecule has 0 aromatic carbocycles. The van der Waals surface area contributed by atoms with Gasteiger partial charge in [0.2, 0.25) is 11.9 Å². The Morgan fingerprint density at radius 3 is 2.61 bits per heavy atom. The third-order valence-electron chi connectivity index (χ3n) is 3.20. The molecular formula is C12H19ClN4O. The molecule has 0 saturated heterocycles. The molecule has 1 saturated carbocycles. The van der Waals surface area contributed by atoms with Crippen molar-refractivity contribution >= 4 is 24.3 Å². The maximum absolute atomic E-state index is 11.8. The molecule has 0 unspecified atom stereocenters. The van der Waals surface area contributed by atoms with Gasteiger partial charge in [0.15, 0.2) is 0 Å². The summed E-state index contributed by atoms with van der Waals surface area (Å²) in [4.78, 5) is 19.7. The third kappa shape index (κ3) is 4.23. The first-order chi connectivity index (χ1) is 8.25. The molecule has 1 fully saturated rings. The second-order valence-corrected chi connectivity index (χ2v) is 4.55. The van der Waals surface area contributed by atoms with Crippen LogP contribution in [0.15, 0.2) is 18.5 Å². The van der Waals surface area contributed by atoms with E-state index in [1.165, 1.54) is 25.7 Å². The minimum absolute atomic E-state index is 0. The zero-order valence-electron chi connectivity index (χ0n) is 10.2. The van der Waals surface area contributed by atoms with Crippen LogP contribution < -0.4 is 11.1 Å². The quantitative estimate of drug-likeness (QED) is 0.873. The molecule has 18 heavy (non-hydrogen) atoms. The van der Waals surface area contributed by atoms with Gasteiger partial charge in [0.1, 0.15) is 0 Å². The summed E-state index contributed by atoms with van der Waals surface area (Å²) in [6, 6.07) is 1.25. The van der Waals surface area contributed by atoms with Crippen LogP contribution in [0.5, 0.6) is 0 Å². The van der Waals surface area contributed by atoms with Crippen LogP contribution in [0.1, 0.15) is 32.1 Å². The Morgan fingerprint density at radius 2 is 2.00 bits per heavy atom. The summed E-state index contributed by atoms with van der Waals surface area (Å²) in [6.07, 6.45) is 8.86. The van der Waals surface area contributed by atoms with Gasteiger partial charge in [-0.25, -0.2) is 9.97 Å². The average Bonchev–Trinajstić information content (AvgIpc) is 2.83. The van der Waals surface area contributed by atoms with E-state index in [-0.39, 0.29) is 18.3 Å². The summed E-state index contributed by atoms with van der Waals surface area (Å²) in [5.74, 6) is 0.731. The van der Waals surface area contributed by atoms with Crippen LogP contribution >= 0.6 is 12.4 Å². The first-order valence-corrected chi connectivity index (χ1v) is 6.09. The van der Waals surface area contributed by atoms with E-state index in [9.17, 15) is 4.79 Å². The van der Waals surface area contributed by atoms with Crippen molar-refractivity contribution in [3.05, 3.63) is 18.5 Å². The van der Waals surface area contributed by atoms with Crippen molar-refractivity contribution in [3.8, 4) is 0 Å². The van der Waals surface area contributed by atoms with Crippen molar-refractivity contribution in [3.63, 3.8) is 0 Å². The summed E-state index contributed by atoms with van der Waals surface area (Å²) in [5.41, 5.74) is 5.88. The first-order valence-electron chi connectivity index (χ1n) is 6.09. The van der Waals surface area contributed by atoms with Crippen LogP contribution in [-0.2, 0) is 4.79 Å². The van der Waals surface area contributed by atoms with E-state index in [4.69, 9.17) is 5.73 Å². The number of aromatic nitrogens is 2. The highest BCUT2D eigenvalue weighted by molar-refractivity contribution is 5.93. The molecule has 3 N–H and O–H groups in total. The van der Waals surface area contributed by atoms with Gasteiger partial charge in [0, 0.05) is 12.4 Å². The number of nitrogens with one attached hydrogen (secondary N) is 1. The summed E-state index contributed by atoms with van der Waals surface area (Å²) in [7, 11) is 0. The van der Waals surface area contributed by atoms with E-state index in [0.717, 1.165) is 6.42 Å². The van der Waals surface area contributed by atoms with E-state index in [2.05, 4.69) is 15.3 Å². The molecule has 0 aliphatic heterocycles. The van der Waals surface area contributed by atoms with Gasteiger partial charge < -0.3 is 5.73 Å². The number of hydrogen-bond donors (Lipinski definition) is 2. The monoisotopic (exact) mass is 270 g/mol. The molecule has 5 nitrogen and oxygen atoms in total. The fourth-order valence-corrected chi connectivity index (χ4v) is 2.28. The number of amides is 1. The highest BCUT2D eigenvalue weighted by atomic mass is 35.5. The average molecular weight is 271 g/mol. The van der Waals surface area contributed by atoms with Gasteiger partial charge in [-0.2, -0.15) is 0 Å². The maximum Gasteiger partial charge on any atom is 0.243 e. The molecule has 1 aliphatic rings. The summed E-state index contributed by atoms with van der Waals surface area (Å²) < 4.78 is 0. The van der Waals surface area contributed by atoms with Crippen LogP contribution in [0, 0.1) is 5.92 Å².